The highest BCUT2D eigenvalue weighted by Gasteiger charge is 2.33. The van der Waals surface area contributed by atoms with Crippen molar-refractivity contribution in [2.75, 3.05) is 12.4 Å². The zero-order chi connectivity index (χ0) is 28.4. The van der Waals surface area contributed by atoms with E-state index in [1.165, 1.54) is 24.5 Å². The molecule has 204 valence electrons. The molecule has 3 aromatic carbocycles. The molecule has 2 aliphatic rings. The molecule has 0 saturated heterocycles. The van der Waals surface area contributed by atoms with Gasteiger partial charge in [-0.1, -0.05) is 30.4 Å². The van der Waals surface area contributed by atoms with Crippen molar-refractivity contribution in [2.24, 2.45) is 0 Å². The molecule has 0 bridgehead atoms. The van der Waals surface area contributed by atoms with Crippen molar-refractivity contribution >= 4 is 23.1 Å². The third-order valence-corrected chi connectivity index (χ3v) is 6.69. The largest absolute Gasteiger partial charge is 0.504 e. The average Bonchev–Trinajstić information content (AvgIpc) is 2.90. The minimum Gasteiger partial charge on any atom is -0.504 e. The number of methoxy groups -OCH3 is 1. The first-order valence-corrected chi connectivity index (χ1v) is 13.1. The van der Waals surface area contributed by atoms with Gasteiger partial charge in [-0.15, -0.1) is 0 Å². The van der Waals surface area contributed by atoms with Crippen molar-refractivity contribution in [1.82, 2.24) is 0 Å². The SMILES string of the molecule is C\C=C/C(F)=C\C=C\Oc1cccc(/C=C2\Oc3ccc(O)c(OC)c3-c3ccc4c(c32)C(C)=CC(C)(C)N4)c1. The molecule has 0 radical (unpaired) electrons. The summed E-state index contributed by atoms with van der Waals surface area (Å²) in [5, 5.41) is 14.2. The summed E-state index contributed by atoms with van der Waals surface area (Å²) in [7, 11) is 1.54. The number of rotatable bonds is 6. The molecule has 0 fully saturated rings. The van der Waals surface area contributed by atoms with E-state index in [1.807, 2.05) is 36.4 Å². The quantitative estimate of drug-likeness (QED) is 0.243. The molecule has 2 aliphatic heterocycles. The zero-order valence-electron chi connectivity index (χ0n) is 23.2. The summed E-state index contributed by atoms with van der Waals surface area (Å²) in [4.78, 5) is 0. The van der Waals surface area contributed by atoms with Crippen LogP contribution in [0.1, 0.15) is 44.4 Å². The molecule has 0 amide bonds. The molecule has 0 saturated carbocycles. The van der Waals surface area contributed by atoms with Crippen LogP contribution in [0.25, 0.3) is 28.5 Å². The Balaban J connectivity index is 1.62. The van der Waals surface area contributed by atoms with Gasteiger partial charge in [-0.25, -0.2) is 4.39 Å². The second-order valence-electron chi connectivity index (χ2n) is 10.3. The Morgan fingerprint density at radius 3 is 2.67 bits per heavy atom. The van der Waals surface area contributed by atoms with Crippen molar-refractivity contribution < 1.29 is 23.7 Å². The molecule has 6 heteroatoms. The number of fused-ring (bicyclic) bond motifs is 5. The lowest BCUT2D eigenvalue weighted by molar-refractivity contribution is 0.371. The molecule has 0 aromatic heterocycles. The van der Waals surface area contributed by atoms with Crippen LogP contribution in [0.4, 0.5) is 10.1 Å². The van der Waals surface area contributed by atoms with E-state index in [9.17, 15) is 9.50 Å². The van der Waals surface area contributed by atoms with Gasteiger partial charge in [-0.05, 0) is 93.5 Å². The van der Waals surface area contributed by atoms with Crippen molar-refractivity contribution in [2.45, 2.75) is 33.2 Å². The minimum atomic E-state index is -0.357. The van der Waals surface area contributed by atoms with Gasteiger partial charge < -0.3 is 24.6 Å². The second-order valence-corrected chi connectivity index (χ2v) is 10.3. The second kappa shape index (κ2) is 10.8. The van der Waals surface area contributed by atoms with E-state index in [1.54, 1.807) is 32.2 Å². The summed E-state index contributed by atoms with van der Waals surface area (Å²) in [6.07, 6.45) is 11.5. The number of aromatic hydroxyl groups is 1. The third-order valence-electron chi connectivity index (χ3n) is 6.69. The fraction of sp³-hybridized carbons (Fsp3) is 0.176. The van der Waals surface area contributed by atoms with Crippen LogP contribution in [0.3, 0.4) is 0 Å². The highest BCUT2D eigenvalue weighted by molar-refractivity contribution is 6.02. The first-order valence-electron chi connectivity index (χ1n) is 13.1. The molecule has 40 heavy (non-hydrogen) atoms. The molecule has 2 N–H and O–H groups in total. The lowest BCUT2D eigenvalue weighted by Crippen LogP contribution is -2.32. The van der Waals surface area contributed by atoms with E-state index in [2.05, 4.69) is 38.2 Å². The van der Waals surface area contributed by atoms with Gasteiger partial charge in [-0.3, -0.25) is 0 Å². The van der Waals surface area contributed by atoms with Crippen molar-refractivity contribution in [1.29, 1.82) is 0 Å². The molecular weight excluding hydrogens is 505 g/mol. The number of hydrogen-bond acceptors (Lipinski definition) is 5. The highest BCUT2D eigenvalue weighted by Crippen LogP contribution is 2.54. The van der Waals surface area contributed by atoms with Crippen LogP contribution >= 0.6 is 0 Å². The lowest BCUT2D eigenvalue weighted by atomic mass is 9.83. The maximum atomic E-state index is 13.6. The van der Waals surface area contributed by atoms with Crippen LogP contribution in [0.2, 0.25) is 0 Å². The van der Waals surface area contributed by atoms with E-state index < -0.39 is 0 Å². The fourth-order valence-corrected chi connectivity index (χ4v) is 5.24. The fourth-order valence-electron chi connectivity index (χ4n) is 5.24. The summed E-state index contributed by atoms with van der Waals surface area (Å²) in [6.45, 7) is 8.12. The van der Waals surface area contributed by atoms with Gasteiger partial charge in [-0.2, -0.15) is 0 Å². The predicted octanol–water partition coefficient (Wildman–Crippen LogP) is 8.89. The monoisotopic (exact) mass is 537 g/mol. The molecule has 0 spiro atoms. The van der Waals surface area contributed by atoms with Gasteiger partial charge in [0.05, 0.1) is 24.5 Å². The lowest BCUT2D eigenvalue weighted by Gasteiger charge is -2.35. The number of ether oxygens (including phenoxy) is 3. The topological polar surface area (TPSA) is 60.0 Å². The number of phenols is 1. The summed E-state index contributed by atoms with van der Waals surface area (Å²) in [6, 6.07) is 15.0. The van der Waals surface area contributed by atoms with Crippen molar-refractivity contribution in [3.63, 3.8) is 0 Å². The number of phenolic OH excluding ortho intramolecular Hbond substituents is 1. The Bertz CT molecular complexity index is 1630. The maximum absolute atomic E-state index is 13.6. The van der Waals surface area contributed by atoms with Gasteiger partial charge >= 0.3 is 0 Å². The number of anilines is 1. The van der Waals surface area contributed by atoms with E-state index >= 15 is 0 Å². The first-order chi connectivity index (χ1) is 19.2. The first kappa shape index (κ1) is 26.9. The minimum absolute atomic E-state index is 0.0471. The van der Waals surface area contributed by atoms with Crippen LogP contribution in [0, 0.1) is 0 Å². The van der Waals surface area contributed by atoms with Crippen molar-refractivity contribution in [3.8, 4) is 34.1 Å². The van der Waals surface area contributed by atoms with E-state index in [0.717, 1.165) is 33.5 Å². The normalized spacial score (nSPS) is 16.6. The smallest absolute Gasteiger partial charge is 0.172 e. The molecule has 3 aromatic rings. The van der Waals surface area contributed by atoms with E-state index in [0.29, 0.717) is 28.6 Å². The molecule has 0 atom stereocenters. The maximum Gasteiger partial charge on any atom is 0.172 e. The van der Waals surface area contributed by atoms with Crippen LogP contribution in [0.5, 0.6) is 23.0 Å². The van der Waals surface area contributed by atoms with Crippen LogP contribution in [0.15, 0.2) is 91.0 Å². The average molecular weight is 538 g/mol. The van der Waals surface area contributed by atoms with Gasteiger partial charge in [0.25, 0.3) is 0 Å². The molecule has 5 rings (SSSR count). The number of hydrogen-bond donors (Lipinski definition) is 2. The standard InChI is InChI=1S/C34H32FNO4/c1-6-9-23(35)11-8-17-39-24-12-7-10-22(18-24)19-29-31-25(32-28(40-29)16-15-27(37)33(32)38-5)13-14-26-30(31)21(2)20-34(3,4)36-26/h6-20,36-37H,1-5H3/b9-6-,17-8+,23-11+,29-19-. The molecule has 2 heterocycles. The Labute approximate surface area is 234 Å². The van der Waals surface area contributed by atoms with Gasteiger partial charge in [0, 0.05) is 22.4 Å². The number of allylic oxidation sites excluding steroid dienone is 6. The van der Waals surface area contributed by atoms with E-state index in [-0.39, 0.29) is 17.1 Å². The predicted molar refractivity (Wildman–Crippen MR) is 160 cm³/mol. The highest BCUT2D eigenvalue weighted by atomic mass is 19.1. The van der Waals surface area contributed by atoms with Gasteiger partial charge in [0.2, 0.25) is 0 Å². The Morgan fingerprint density at radius 2 is 1.90 bits per heavy atom. The van der Waals surface area contributed by atoms with Crippen LogP contribution in [-0.4, -0.2) is 17.8 Å². The summed E-state index contributed by atoms with van der Waals surface area (Å²) < 4.78 is 31.4. The zero-order valence-corrected chi connectivity index (χ0v) is 23.2. The summed E-state index contributed by atoms with van der Waals surface area (Å²) in [5.41, 5.74) is 6.32. The number of benzene rings is 3. The van der Waals surface area contributed by atoms with Gasteiger partial charge in [0.15, 0.2) is 11.5 Å². The van der Waals surface area contributed by atoms with Crippen LogP contribution in [-0.2, 0) is 0 Å². The number of nitrogens with one attached hydrogen (secondary N) is 1. The number of halogens is 1. The molecule has 0 unspecified atom stereocenters. The molecule has 0 aliphatic carbocycles. The van der Waals surface area contributed by atoms with Gasteiger partial charge in [0.1, 0.15) is 23.1 Å². The summed E-state index contributed by atoms with van der Waals surface area (Å²) in [5.74, 6) is 1.90. The third kappa shape index (κ3) is 5.25. The van der Waals surface area contributed by atoms with Crippen LogP contribution < -0.4 is 19.5 Å². The molecular formula is C34H32FNO4. The Kier molecular flexibility index (Phi) is 7.26. The Morgan fingerprint density at radius 1 is 1.07 bits per heavy atom. The Hall–Kier alpha value is -4.71. The molecule has 5 nitrogen and oxygen atoms in total. The van der Waals surface area contributed by atoms with E-state index in [4.69, 9.17) is 14.2 Å². The van der Waals surface area contributed by atoms with Crippen molar-refractivity contribution in [3.05, 3.63) is 108 Å². The summed E-state index contributed by atoms with van der Waals surface area (Å²) >= 11 is 0.